The predicted molar refractivity (Wildman–Crippen MR) is 125 cm³/mol. The molecule has 0 aliphatic carbocycles. The van der Waals surface area contributed by atoms with E-state index in [1.54, 1.807) is 7.11 Å². The smallest absolute Gasteiger partial charge is 0.232 e. The first-order valence-electron chi connectivity index (χ1n) is 8.96. The molecule has 0 amide bonds. The average Bonchev–Trinajstić information content (AvgIpc) is 3.12. The number of ether oxygens (including phenoxy) is 1. The van der Waals surface area contributed by atoms with Crippen LogP contribution in [0.15, 0.2) is 50.7 Å². The van der Waals surface area contributed by atoms with E-state index in [1.807, 2.05) is 37.3 Å². The van der Waals surface area contributed by atoms with Crippen LogP contribution in [-0.4, -0.2) is 46.7 Å². The Kier molecular flexibility index (Phi) is 7.16. The number of allylic oxidation sites excluding steroid dienone is 1. The van der Waals surface area contributed by atoms with E-state index in [9.17, 15) is 4.55 Å². The number of benzene rings is 1. The van der Waals surface area contributed by atoms with Gasteiger partial charge in [0.15, 0.2) is 5.82 Å². The number of fused-ring (bicyclic) bond motifs is 1. The molecule has 1 aromatic carbocycles. The highest BCUT2D eigenvalue weighted by molar-refractivity contribution is 7.93. The highest BCUT2D eigenvalue weighted by atomic mass is 32.2. The minimum absolute atomic E-state index is 0.0508. The number of methoxy groups -OCH3 is 1. The van der Waals surface area contributed by atoms with Crippen molar-refractivity contribution >= 4 is 56.7 Å². The number of rotatable bonds is 7. The van der Waals surface area contributed by atoms with Gasteiger partial charge in [-0.25, -0.2) is 20.0 Å². The lowest BCUT2D eigenvalue weighted by atomic mass is 10.1. The Hall–Kier alpha value is -2.79. The van der Waals surface area contributed by atoms with Crippen molar-refractivity contribution in [2.45, 2.75) is 11.1 Å². The number of nitrogen functional groups attached to an aromatic ring is 1. The summed E-state index contributed by atoms with van der Waals surface area (Å²) in [4.78, 5) is 17.6. The third kappa shape index (κ3) is 4.68. The van der Waals surface area contributed by atoms with E-state index in [0.29, 0.717) is 49.6 Å². The second-order valence-corrected chi connectivity index (χ2v) is 9.01. The molecular formula is C20H22N6O2S2. The van der Waals surface area contributed by atoms with Gasteiger partial charge in [-0.1, -0.05) is 41.7 Å². The van der Waals surface area contributed by atoms with Crippen molar-refractivity contribution in [2.24, 2.45) is 15.7 Å². The average molecular weight is 443 g/mol. The number of nitrogens with zero attached hydrogens (tertiary/aromatic N) is 4. The lowest BCUT2D eigenvalue weighted by Crippen LogP contribution is -2.11. The minimum Gasteiger partial charge on any atom is -0.611 e. The summed E-state index contributed by atoms with van der Waals surface area (Å²) in [5.74, 6) is 0.878. The monoisotopic (exact) mass is 442 g/mol. The molecule has 0 aliphatic heterocycles. The molecule has 1 unspecified atom stereocenters. The molecule has 8 nitrogen and oxygen atoms in total. The highest BCUT2D eigenvalue weighted by Gasteiger charge is 2.25. The number of hydrogen-bond acceptors (Lipinski definition) is 7. The number of aromatic nitrogens is 2. The van der Waals surface area contributed by atoms with Crippen molar-refractivity contribution in [1.29, 1.82) is 0 Å². The van der Waals surface area contributed by atoms with E-state index in [2.05, 4.69) is 21.7 Å². The highest BCUT2D eigenvalue weighted by Crippen LogP contribution is 2.41. The van der Waals surface area contributed by atoms with E-state index in [1.165, 1.54) is 17.5 Å². The van der Waals surface area contributed by atoms with E-state index >= 15 is 0 Å². The predicted octanol–water partition coefficient (Wildman–Crippen LogP) is 3.07. The molecule has 0 fully saturated rings. The molecule has 0 aliphatic rings. The zero-order chi connectivity index (χ0) is 21.7. The first-order valence-corrected chi connectivity index (χ1v) is 11.1. The Morgan fingerprint density at radius 1 is 1.33 bits per heavy atom. The number of hydrogen-bond donors (Lipinski definition) is 2. The first kappa shape index (κ1) is 21.9. The molecule has 0 bridgehead atoms. The summed E-state index contributed by atoms with van der Waals surface area (Å²) in [6, 6.07) is 9.66. The van der Waals surface area contributed by atoms with Crippen molar-refractivity contribution in [3.63, 3.8) is 0 Å². The molecule has 0 saturated heterocycles. The van der Waals surface area contributed by atoms with Crippen LogP contribution in [0.2, 0.25) is 0 Å². The van der Waals surface area contributed by atoms with Crippen LogP contribution in [0.3, 0.4) is 0 Å². The minimum atomic E-state index is -1.29. The quantitative estimate of drug-likeness (QED) is 0.328. The third-order valence-corrected chi connectivity index (χ3v) is 7.06. The molecule has 156 valence electrons. The van der Waals surface area contributed by atoms with Crippen LogP contribution in [0, 0.1) is 0 Å². The Balaban J connectivity index is 2.21. The van der Waals surface area contributed by atoms with Crippen molar-refractivity contribution in [3.8, 4) is 11.3 Å². The fourth-order valence-electron chi connectivity index (χ4n) is 2.67. The molecule has 0 saturated carbocycles. The zero-order valence-electron chi connectivity index (χ0n) is 16.7. The van der Waals surface area contributed by atoms with Crippen molar-refractivity contribution in [2.75, 3.05) is 25.2 Å². The van der Waals surface area contributed by atoms with E-state index < -0.39 is 11.2 Å². The van der Waals surface area contributed by atoms with Gasteiger partial charge in [0.2, 0.25) is 10.2 Å². The van der Waals surface area contributed by atoms with Gasteiger partial charge in [0.05, 0.1) is 17.7 Å². The Morgan fingerprint density at radius 3 is 2.73 bits per heavy atom. The second kappa shape index (κ2) is 9.81. The Bertz CT molecular complexity index is 1110. The number of nitrogens with two attached hydrogens (primary N) is 2. The van der Waals surface area contributed by atoms with Crippen molar-refractivity contribution in [3.05, 3.63) is 42.4 Å². The summed E-state index contributed by atoms with van der Waals surface area (Å²) in [7, 11) is 1.57. The molecule has 3 aromatic rings. The maximum absolute atomic E-state index is 12.7. The van der Waals surface area contributed by atoms with E-state index in [4.69, 9.17) is 21.2 Å². The molecule has 30 heavy (non-hydrogen) atoms. The summed E-state index contributed by atoms with van der Waals surface area (Å²) in [5, 5.41) is 0.694. The lowest BCUT2D eigenvalue weighted by molar-refractivity contribution is 0.217. The number of anilines is 1. The SMILES string of the molecule is C=N/C(N)=N\C=C(/C)c1nc(-c2ccccc2)c2c(N)c([S+]([O-])CCOC)sc2n1. The summed E-state index contributed by atoms with van der Waals surface area (Å²) >= 11 is 0.0117. The molecule has 2 heterocycles. The van der Waals surface area contributed by atoms with Crippen LogP contribution < -0.4 is 11.5 Å². The van der Waals surface area contributed by atoms with Crippen LogP contribution in [-0.2, 0) is 15.9 Å². The second-order valence-electron chi connectivity index (χ2n) is 6.25. The van der Waals surface area contributed by atoms with Crippen LogP contribution in [0.5, 0.6) is 0 Å². The van der Waals surface area contributed by atoms with Crippen LogP contribution >= 0.6 is 11.3 Å². The van der Waals surface area contributed by atoms with Crippen molar-refractivity contribution in [1.82, 2.24) is 9.97 Å². The normalized spacial score (nSPS) is 13.6. The summed E-state index contributed by atoms with van der Waals surface area (Å²) < 4.78 is 18.3. The van der Waals surface area contributed by atoms with Gasteiger partial charge >= 0.3 is 0 Å². The molecule has 4 N–H and O–H groups in total. The molecule has 2 aromatic heterocycles. The lowest BCUT2D eigenvalue weighted by Gasteiger charge is -2.09. The van der Waals surface area contributed by atoms with Gasteiger partial charge in [-0.3, -0.25) is 0 Å². The Labute approximate surface area is 181 Å². The molecule has 1 atom stereocenters. The number of thiophene rings is 1. The topological polar surface area (TPSA) is 135 Å². The molecule has 3 rings (SSSR count). The first-order chi connectivity index (χ1) is 14.5. The van der Waals surface area contributed by atoms with Gasteiger partial charge in [0, 0.05) is 35.6 Å². The van der Waals surface area contributed by atoms with Crippen LogP contribution in [0.4, 0.5) is 5.69 Å². The summed E-state index contributed by atoms with van der Waals surface area (Å²) in [6.07, 6.45) is 1.54. The fraction of sp³-hybridized carbons (Fsp3) is 0.200. The number of guanidine groups is 1. The maximum Gasteiger partial charge on any atom is 0.232 e. The summed E-state index contributed by atoms with van der Waals surface area (Å²) in [6.45, 7) is 5.54. The van der Waals surface area contributed by atoms with Gasteiger partial charge in [-0.15, -0.1) is 0 Å². The standard InChI is InChI=1S/C20H22N6O2S2/c1-12(11-24-20(22)23-2)17-25-16(13-7-5-4-6-8-13)14-15(21)19(29-18(14)26-17)30(27)10-9-28-3/h4-8,11H,2,9-10,21H2,1,3H3,(H2,22,24)/b12-11+. The van der Waals surface area contributed by atoms with Crippen molar-refractivity contribution < 1.29 is 9.29 Å². The number of aliphatic imine (C=N–C) groups is 2. The van der Waals surface area contributed by atoms with E-state index in [0.717, 1.165) is 5.56 Å². The largest absolute Gasteiger partial charge is 0.611 e. The van der Waals surface area contributed by atoms with Gasteiger partial charge in [-0.05, 0) is 13.6 Å². The molecule has 10 heteroatoms. The zero-order valence-corrected chi connectivity index (χ0v) is 18.3. The maximum atomic E-state index is 12.7. The van der Waals surface area contributed by atoms with Gasteiger partial charge < -0.3 is 20.8 Å². The third-order valence-electron chi connectivity index (χ3n) is 4.19. The van der Waals surface area contributed by atoms with Crippen LogP contribution in [0.25, 0.3) is 27.0 Å². The van der Waals surface area contributed by atoms with E-state index in [-0.39, 0.29) is 5.96 Å². The Morgan fingerprint density at radius 2 is 2.07 bits per heavy atom. The van der Waals surface area contributed by atoms with Gasteiger partial charge in [0.25, 0.3) is 0 Å². The molecular weight excluding hydrogens is 420 g/mol. The molecule has 0 spiro atoms. The van der Waals surface area contributed by atoms with Gasteiger partial charge in [0.1, 0.15) is 16.3 Å². The van der Waals surface area contributed by atoms with Crippen LogP contribution in [0.1, 0.15) is 12.7 Å². The fourth-order valence-corrected chi connectivity index (χ4v) is 5.20. The molecule has 0 radical (unpaired) electrons. The summed E-state index contributed by atoms with van der Waals surface area (Å²) in [5.41, 5.74) is 14.7. The van der Waals surface area contributed by atoms with Gasteiger partial charge in [-0.2, -0.15) is 0 Å².